The highest BCUT2D eigenvalue weighted by Crippen LogP contribution is 2.41. The van der Waals surface area contributed by atoms with Gasteiger partial charge in [0.1, 0.15) is 11.2 Å². The van der Waals surface area contributed by atoms with E-state index < -0.39 is 21.5 Å². The van der Waals surface area contributed by atoms with E-state index in [-0.39, 0.29) is 45.3 Å². The second-order valence-electron chi connectivity index (χ2n) is 9.65. The van der Waals surface area contributed by atoms with E-state index in [1.807, 2.05) is 0 Å². The summed E-state index contributed by atoms with van der Waals surface area (Å²) in [6.07, 6.45) is 1.65. The first kappa shape index (κ1) is 25.7. The van der Waals surface area contributed by atoms with E-state index in [9.17, 15) is 22.4 Å². The van der Waals surface area contributed by atoms with Crippen molar-refractivity contribution in [2.24, 2.45) is 0 Å². The van der Waals surface area contributed by atoms with Crippen molar-refractivity contribution in [3.8, 4) is 11.1 Å². The molecule has 1 aliphatic rings. The average Bonchev–Trinajstić information content (AvgIpc) is 3.68. The molecule has 1 aliphatic carbocycles. The van der Waals surface area contributed by atoms with Crippen LogP contribution in [-0.4, -0.2) is 18.7 Å². The van der Waals surface area contributed by atoms with Crippen LogP contribution in [0.25, 0.3) is 22.1 Å². The maximum absolute atomic E-state index is 14.8. The molecule has 38 heavy (non-hydrogen) atoms. The van der Waals surface area contributed by atoms with Gasteiger partial charge in [-0.15, -0.1) is 0 Å². The molecule has 0 aliphatic heterocycles. The topological polar surface area (TPSA) is 110 Å². The first-order chi connectivity index (χ1) is 18.0. The van der Waals surface area contributed by atoms with Crippen LogP contribution in [0.3, 0.4) is 0 Å². The van der Waals surface area contributed by atoms with Crippen molar-refractivity contribution in [3.63, 3.8) is 0 Å². The van der Waals surface area contributed by atoms with Crippen LogP contribution in [0.4, 0.5) is 21.5 Å². The molecule has 5 rings (SSSR count). The van der Waals surface area contributed by atoms with Crippen molar-refractivity contribution in [1.29, 1.82) is 0 Å². The van der Waals surface area contributed by atoms with Crippen molar-refractivity contribution in [1.82, 2.24) is 4.57 Å². The SMILES string of the molecule is CCS(=O)(=O)Nc1cccc(-c2c(C)n(C3CC3)c(=O)c3c(Nc4ccc(C)cc4F)c(C)c(=O)oc23)c1. The number of rotatable bonds is 7. The Hall–Kier alpha value is -3.92. The molecule has 2 aromatic carbocycles. The predicted octanol–water partition coefficient (Wildman–Crippen LogP) is 5.53. The molecular formula is C28H28FN3O5S. The van der Waals surface area contributed by atoms with Crippen LogP contribution in [0, 0.1) is 26.6 Å². The zero-order valence-corrected chi connectivity index (χ0v) is 22.3. The third kappa shape index (κ3) is 4.60. The minimum Gasteiger partial charge on any atom is -0.421 e. The molecule has 8 nitrogen and oxygen atoms in total. The van der Waals surface area contributed by atoms with Crippen LogP contribution >= 0.6 is 0 Å². The molecular weight excluding hydrogens is 509 g/mol. The summed E-state index contributed by atoms with van der Waals surface area (Å²) in [5, 5.41) is 3.12. The van der Waals surface area contributed by atoms with E-state index >= 15 is 0 Å². The van der Waals surface area contributed by atoms with E-state index in [1.165, 1.54) is 19.9 Å². The number of halogens is 1. The summed E-state index contributed by atoms with van der Waals surface area (Å²) < 4.78 is 49.1. The summed E-state index contributed by atoms with van der Waals surface area (Å²) in [4.78, 5) is 26.9. The molecule has 0 atom stereocenters. The maximum atomic E-state index is 14.8. The number of nitrogens with one attached hydrogen (secondary N) is 2. The second-order valence-corrected chi connectivity index (χ2v) is 11.7. The number of aryl methyl sites for hydroxylation is 1. The van der Waals surface area contributed by atoms with Gasteiger partial charge in [-0.3, -0.25) is 9.52 Å². The largest absolute Gasteiger partial charge is 0.421 e. The van der Waals surface area contributed by atoms with Crippen LogP contribution in [-0.2, 0) is 10.0 Å². The summed E-state index contributed by atoms with van der Waals surface area (Å²) in [6, 6.07) is 11.4. The van der Waals surface area contributed by atoms with E-state index in [2.05, 4.69) is 10.0 Å². The molecule has 0 saturated heterocycles. The fourth-order valence-corrected chi connectivity index (χ4v) is 5.31. The van der Waals surface area contributed by atoms with Crippen LogP contribution in [0.1, 0.15) is 42.6 Å². The molecule has 4 aromatic rings. The number of hydrogen-bond acceptors (Lipinski definition) is 6. The summed E-state index contributed by atoms with van der Waals surface area (Å²) in [7, 11) is -3.53. The number of anilines is 3. The van der Waals surface area contributed by atoms with Gasteiger partial charge in [-0.05, 0) is 75.9 Å². The van der Waals surface area contributed by atoms with Crippen LogP contribution < -0.4 is 21.2 Å². The molecule has 1 saturated carbocycles. The van der Waals surface area contributed by atoms with E-state index in [1.54, 1.807) is 54.8 Å². The molecule has 0 bridgehead atoms. The molecule has 10 heteroatoms. The van der Waals surface area contributed by atoms with Crippen molar-refractivity contribution in [3.05, 3.63) is 85.9 Å². The summed E-state index contributed by atoms with van der Waals surface area (Å²) in [5.74, 6) is -0.610. The highest BCUT2D eigenvalue weighted by atomic mass is 32.2. The number of sulfonamides is 1. The molecule has 1 fully saturated rings. The van der Waals surface area contributed by atoms with Gasteiger partial charge in [-0.25, -0.2) is 17.6 Å². The van der Waals surface area contributed by atoms with Crippen LogP contribution in [0.15, 0.2) is 56.5 Å². The molecule has 2 N–H and O–H groups in total. The van der Waals surface area contributed by atoms with Gasteiger partial charge in [0.25, 0.3) is 5.56 Å². The fourth-order valence-electron chi connectivity index (χ4n) is 4.68. The Kier molecular flexibility index (Phi) is 6.38. The first-order valence-corrected chi connectivity index (χ1v) is 14.0. The minimum atomic E-state index is -3.53. The lowest BCUT2D eigenvalue weighted by Crippen LogP contribution is -2.25. The summed E-state index contributed by atoms with van der Waals surface area (Å²) in [6.45, 7) is 6.62. The average molecular weight is 538 g/mol. The van der Waals surface area contributed by atoms with Gasteiger partial charge in [0.15, 0.2) is 5.58 Å². The third-order valence-electron chi connectivity index (χ3n) is 6.84. The van der Waals surface area contributed by atoms with Crippen LogP contribution in [0.2, 0.25) is 0 Å². The number of aromatic nitrogens is 1. The number of pyridine rings is 1. The van der Waals surface area contributed by atoms with E-state index in [0.29, 0.717) is 22.5 Å². The van der Waals surface area contributed by atoms with Gasteiger partial charge < -0.3 is 14.3 Å². The highest BCUT2D eigenvalue weighted by Gasteiger charge is 2.31. The molecule has 0 radical (unpaired) electrons. The smallest absolute Gasteiger partial charge is 0.341 e. The number of benzene rings is 2. The first-order valence-electron chi connectivity index (χ1n) is 12.4. The Morgan fingerprint density at radius 3 is 2.47 bits per heavy atom. The quantitative estimate of drug-likeness (QED) is 0.321. The van der Waals surface area contributed by atoms with Crippen molar-refractivity contribution in [2.45, 2.75) is 46.6 Å². The standard InChI is InChI=1S/C28H28FN3O5S/c1-5-38(35,36)31-19-8-6-7-18(14-19)23-17(4)32(20-10-11-20)27(33)24-25(16(3)28(34)37-26(23)24)30-22-12-9-15(2)13-21(22)29/h6-9,12-14,20,30-31H,5,10-11H2,1-4H3. The van der Waals surface area contributed by atoms with Crippen LogP contribution in [0.5, 0.6) is 0 Å². The maximum Gasteiger partial charge on any atom is 0.341 e. The Morgan fingerprint density at radius 2 is 1.82 bits per heavy atom. The lowest BCUT2D eigenvalue weighted by atomic mass is 9.99. The Labute approximate surface area is 219 Å². The van der Waals surface area contributed by atoms with Gasteiger partial charge in [0.2, 0.25) is 10.0 Å². The Bertz CT molecular complexity index is 1820. The number of nitrogens with zero attached hydrogens (tertiary/aromatic N) is 1. The van der Waals surface area contributed by atoms with E-state index in [4.69, 9.17) is 4.42 Å². The molecule has 0 unspecified atom stereocenters. The Morgan fingerprint density at radius 1 is 1.08 bits per heavy atom. The molecule has 0 amide bonds. The second kappa shape index (κ2) is 9.43. The van der Waals surface area contributed by atoms with Crippen molar-refractivity contribution < 1.29 is 17.2 Å². The van der Waals surface area contributed by atoms with Gasteiger partial charge >= 0.3 is 5.63 Å². The third-order valence-corrected chi connectivity index (χ3v) is 8.14. The highest BCUT2D eigenvalue weighted by molar-refractivity contribution is 7.92. The Balaban J connectivity index is 1.82. The van der Waals surface area contributed by atoms with Gasteiger partial charge in [-0.1, -0.05) is 18.2 Å². The van der Waals surface area contributed by atoms with Crippen molar-refractivity contribution >= 4 is 38.1 Å². The van der Waals surface area contributed by atoms with Gasteiger partial charge in [0.05, 0.1) is 22.7 Å². The minimum absolute atomic E-state index is 0.0105. The van der Waals surface area contributed by atoms with E-state index in [0.717, 1.165) is 18.4 Å². The predicted molar refractivity (Wildman–Crippen MR) is 147 cm³/mol. The lowest BCUT2D eigenvalue weighted by molar-refractivity contribution is 0.553. The molecule has 198 valence electrons. The number of fused-ring (bicyclic) bond motifs is 1. The lowest BCUT2D eigenvalue weighted by Gasteiger charge is -2.20. The molecule has 2 aromatic heterocycles. The fraction of sp³-hybridized carbons (Fsp3) is 0.286. The summed E-state index contributed by atoms with van der Waals surface area (Å²) in [5.41, 5.74) is 2.25. The number of hydrogen-bond donors (Lipinski definition) is 2. The zero-order chi connectivity index (χ0) is 27.4. The van der Waals surface area contributed by atoms with Gasteiger partial charge in [-0.2, -0.15) is 0 Å². The normalized spacial score (nSPS) is 13.6. The molecule has 2 heterocycles. The zero-order valence-electron chi connectivity index (χ0n) is 21.5. The molecule has 0 spiro atoms. The monoisotopic (exact) mass is 537 g/mol. The van der Waals surface area contributed by atoms with Crippen molar-refractivity contribution in [2.75, 3.05) is 15.8 Å². The van der Waals surface area contributed by atoms with Gasteiger partial charge in [0, 0.05) is 23.0 Å². The summed E-state index contributed by atoms with van der Waals surface area (Å²) >= 11 is 0.